The van der Waals surface area contributed by atoms with Crippen molar-refractivity contribution in [2.45, 2.75) is 32.0 Å². The summed E-state index contributed by atoms with van der Waals surface area (Å²) in [6, 6.07) is 9.67. The zero-order chi connectivity index (χ0) is 24.9. The van der Waals surface area contributed by atoms with Crippen LogP contribution in [0.1, 0.15) is 23.6 Å². The maximum absolute atomic E-state index is 12.8. The minimum atomic E-state index is -4.40. The number of carbonyl (C=O) groups excluding carboxylic acids is 1. The van der Waals surface area contributed by atoms with Gasteiger partial charge in [0.25, 0.3) is 0 Å². The van der Waals surface area contributed by atoms with Crippen molar-refractivity contribution in [2.75, 3.05) is 32.8 Å². The van der Waals surface area contributed by atoms with Crippen molar-refractivity contribution in [1.29, 1.82) is 0 Å². The molecule has 2 aromatic rings. The maximum Gasteiger partial charge on any atom is 0.416 e. The van der Waals surface area contributed by atoms with E-state index in [2.05, 4.69) is 4.90 Å². The monoisotopic (exact) mass is 498 g/mol. The quantitative estimate of drug-likeness (QED) is 0.592. The fourth-order valence-corrected chi connectivity index (χ4v) is 4.19. The molecule has 1 heterocycles. The lowest BCUT2D eigenvalue weighted by molar-refractivity contribution is -0.139. The largest absolute Gasteiger partial charge is 0.482 e. The predicted octanol–water partition coefficient (Wildman–Crippen LogP) is 4.14. The number of carboxylic acids is 1. The highest BCUT2D eigenvalue weighted by Gasteiger charge is 2.31. The molecule has 0 aliphatic carbocycles. The molecule has 1 unspecified atom stereocenters. The summed E-state index contributed by atoms with van der Waals surface area (Å²) in [5, 5.41) is 9.39. The standard InChI is InChI=1S/C24H26ClF3N2O4/c1-16-14-29(9-8-18-13-20(25)6-7-21(18)34-15-23(32)33)10-11-30(16)22(31)12-17-2-4-19(5-3-17)24(26,27)28/h2-7,13,16H,8-12,14-15H2,1H3,(H,32,33). The summed E-state index contributed by atoms with van der Waals surface area (Å²) >= 11 is 6.09. The highest BCUT2D eigenvalue weighted by molar-refractivity contribution is 6.30. The Bertz CT molecular complexity index is 1010. The fourth-order valence-electron chi connectivity index (χ4n) is 4.00. The van der Waals surface area contributed by atoms with Crippen molar-refractivity contribution in [2.24, 2.45) is 0 Å². The molecule has 1 amide bonds. The number of hydrogen-bond donors (Lipinski definition) is 1. The lowest BCUT2D eigenvalue weighted by atomic mass is 10.1. The van der Waals surface area contributed by atoms with Crippen molar-refractivity contribution < 1.29 is 32.6 Å². The first kappa shape index (κ1) is 25.8. The summed E-state index contributed by atoms with van der Waals surface area (Å²) < 4.78 is 43.5. The molecule has 1 saturated heterocycles. The van der Waals surface area contributed by atoms with E-state index in [1.165, 1.54) is 12.1 Å². The Kier molecular flexibility index (Phi) is 8.43. The topological polar surface area (TPSA) is 70.1 Å². The Hall–Kier alpha value is -2.78. The van der Waals surface area contributed by atoms with Gasteiger partial charge in [0.1, 0.15) is 5.75 Å². The van der Waals surface area contributed by atoms with E-state index in [-0.39, 0.29) is 18.4 Å². The smallest absolute Gasteiger partial charge is 0.416 e. The molecule has 1 aliphatic rings. The zero-order valence-corrected chi connectivity index (χ0v) is 19.4. The normalized spacial score (nSPS) is 17.0. The van der Waals surface area contributed by atoms with Crippen LogP contribution in [0.15, 0.2) is 42.5 Å². The molecule has 6 nitrogen and oxygen atoms in total. The summed E-state index contributed by atoms with van der Waals surface area (Å²) in [5.41, 5.74) is 0.617. The van der Waals surface area contributed by atoms with Gasteiger partial charge in [-0.1, -0.05) is 23.7 Å². The molecule has 0 radical (unpaired) electrons. The Morgan fingerprint density at radius 3 is 2.47 bits per heavy atom. The van der Waals surface area contributed by atoms with Crippen LogP contribution < -0.4 is 4.74 Å². The minimum Gasteiger partial charge on any atom is -0.482 e. The number of benzene rings is 2. The van der Waals surface area contributed by atoms with E-state index in [1.807, 2.05) is 6.92 Å². The molecule has 184 valence electrons. The van der Waals surface area contributed by atoms with Gasteiger partial charge < -0.3 is 14.7 Å². The second-order valence-electron chi connectivity index (χ2n) is 8.29. The van der Waals surface area contributed by atoms with Gasteiger partial charge in [-0.3, -0.25) is 9.69 Å². The molecule has 1 aliphatic heterocycles. The number of piperazine rings is 1. The maximum atomic E-state index is 12.8. The minimum absolute atomic E-state index is 0.0509. The molecule has 0 bridgehead atoms. The zero-order valence-electron chi connectivity index (χ0n) is 18.6. The van der Waals surface area contributed by atoms with Crippen LogP contribution in [0, 0.1) is 0 Å². The van der Waals surface area contributed by atoms with Crippen molar-refractivity contribution in [1.82, 2.24) is 9.80 Å². The van der Waals surface area contributed by atoms with Crippen molar-refractivity contribution in [3.63, 3.8) is 0 Å². The fraction of sp³-hybridized carbons (Fsp3) is 0.417. The van der Waals surface area contributed by atoms with Gasteiger partial charge in [0.05, 0.1) is 12.0 Å². The molecule has 1 atom stereocenters. The number of alkyl halides is 3. The lowest BCUT2D eigenvalue weighted by Gasteiger charge is -2.40. The highest BCUT2D eigenvalue weighted by atomic mass is 35.5. The Labute approximate surface area is 200 Å². The second kappa shape index (κ2) is 11.1. The summed E-state index contributed by atoms with van der Waals surface area (Å²) in [6.07, 6.45) is -3.75. The van der Waals surface area contributed by atoms with E-state index in [0.717, 1.165) is 17.7 Å². The average molecular weight is 499 g/mol. The average Bonchev–Trinajstić information content (AvgIpc) is 2.76. The third-order valence-electron chi connectivity index (χ3n) is 5.74. The Morgan fingerprint density at radius 2 is 1.85 bits per heavy atom. The number of amides is 1. The van der Waals surface area contributed by atoms with Gasteiger partial charge in [0.2, 0.25) is 5.91 Å². The molecule has 1 N–H and O–H groups in total. The Morgan fingerprint density at radius 1 is 1.15 bits per heavy atom. The van der Waals surface area contributed by atoms with Crippen molar-refractivity contribution in [3.8, 4) is 5.75 Å². The summed E-state index contributed by atoms with van der Waals surface area (Å²) in [5.74, 6) is -0.705. The van der Waals surface area contributed by atoms with Crippen LogP contribution in [0.25, 0.3) is 0 Å². The second-order valence-corrected chi connectivity index (χ2v) is 8.73. The summed E-state index contributed by atoms with van der Waals surface area (Å²) in [6.45, 7) is 3.98. The van der Waals surface area contributed by atoms with Gasteiger partial charge in [0, 0.05) is 37.2 Å². The van der Waals surface area contributed by atoms with E-state index < -0.39 is 24.3 Å². The third kappa shape index (κ3) is 7.11. The van der Waals surface area contributed by atoms with E-state index in [1.54, 1.807) is 23.1 Å². The lowest BCUT2D eigenvalue weighted by Crippen LogP contribution is -2.54. The third-order valence-corrected chi connectivity index (χ3v) is 5.97. The van der Waals surface area contributed by atoms with Gasteiger partial charge in [-0.25, -0.2) is 4.79 Å². The molecule has 2 aromatic carbocycles. The van der Waals surface area contributed by atoms with E-state index in [0.29, 0.717) is 48.9 Å². The van der Waals surface area contributed by atoms with Crippen LogP contribution in [-0.4, -0.2) is 65.6 Å². The predicted molar refractivity (Wildman–Crippen MR) is 121 cm³/mol. The van der Waals surface area contributed by atoms with E-state index in [9.17, 15) is 22.8 Å². The van der Waals surface area contributed by atoms with Gasteiger partial charge in [-0.05, 0) is 54.8 Å². The number of carboxylic acid groups (broad SMARTS) is 1. The molecule has 0 saturated carbocycles. The van der Waals surface area contributed by atoms with Crippen LogP contribution in [0.2, 0.25) is 5.02 Å². The summed E-state index contributed by atoms with van der Waals surface area (Å²) in [7, 11) is 0. The first-order chi connectivity index (χ1) is 16.0. The molecule has 34 heavy (non-hydrogen) atoms. The van der Waals surface area contributed by atoms with Gasteiger partial charge in [0.15, 0.2) is 6.61 Å². The number of rotatable bonds is 8. The van der Waals surface area contributed by atoms with Gasteiger partial charge in [-0.2, -0.15) is 13.2 Å². The van der Waals surface area contributed by atoms with Crippen molar-refractivity contribution >= 4 is 23.5 Å². The number of hydrogen-bond acceptors (Lipinski definition) is 4. The van der Waals surface area contributed by atoms with Crippen LogP contribution in [0.4, 0.5) is 13.2 Å². The highest BCUT2D eigenvalue weighted by Crippen LogP contribution is 2.29. The first-order valence-corrected chi connectivity index (χ1v) is 11.2. The van der Waals surface area contributed by atoms with Crippen LogP contribution in [0.5, 0.6) is 5.75 Å². The molecule has 0 aromatic heterocycles. The number of aliphatic carboxylic acids is 1. The Balaban J connectivity index is 1.53. The first-order valence-electron chi connectivity index (χ1n) is 10.8. The number of ether oxygens (including phenoxy) is 1. The van der Waals surface area contributed by atoms with E-state index >= 15 is 0 Å². The number of carbonyl (C=O) groups is 2. The molecule has 1 fully saturated rings. The van der Waals surface area contributed by atoms with Crippen LogP contribution in [-0.2, 0) is 28.6 Å². The van der Waals surface area contributed by atoms with E-state index in [4.69, 9.17) is 21.4 Å². The number of nitrogens with zero attached hydrogens (tertiary/aromatic N) is 2. The molecule has 10 heteroatoms. The SMILES string of the molecule is CC1CN(CCc2cc(Cl)ccc2OCC(=O)O)CCN1C(=O)Cc1ccc(C(F)(F)F)cc1. The van der Waals surface area contributed by atoms with Gasteiger partial charge in [-0.15, -0.1) is 0 Å². The van der Waals surface area contributed by atoms with Crippen LogP contribution in [0.3, 0.4) is 0 Å². The molecular weight excluding hydrogens is 473 g/mol. The van der Waals surface area contributed by atoms with Crippen LogP contribution >= 0.6 is 11.6 Å². The molecule has 0 spiro atoms. The van der Waals surface area contributed by atoms with Crippen molar-refractivity contribution in [3.05, 3.63) is 64.2 Å². The van der Waals surface area contributed by atoms with Gasteiger partial charge >= 0.3 is 12.1 Å². The molecule has 3 rings (SSSR count). The molecular formula is C24H26ClF3N2O4. The number of halogens is 4. The summed E-state index contributed by atoms with van der Waals surface area (Å²) in [4.78, 5) is 27.5.